The van der Waals surface area contributed by atoms with E-state index in [2.05, 4.69) is 5.16 Å². The number of hydrogen-bond donors (Lipinski definition) is 1. The van der Waals surface area contributed by atoms with Crippen molar-refractivity contribution in [3.63, 3.8) is 0 Å². The molecule has 0 saturated carbocycles. The highest BCUT2D eigenvalue weighted by molar-refractivity contribution is 5.88. The highest BCUT2D eigenvalue weighted by Gasteiger charge is 2.19. The van der Waals surface area contributed by atoms with Gasteiger partial charge in [-0.1, -0.05) is 19.0 Å². The molecule has 10 heavy (non-hydrogen) atoms. The molecule has 4 heteroatoms. The number of alkyl halides is 2. The van der Waals surface area contributed by atoms with Gasteiger partial charge in [-0.05, 0) is 6.42 Å². The van der Waals surface area contributed by atoms with E-state index >= 15 is 0 Å². The third kappa shape index (κ3) is 2.29. The molecule has 1 N–H and O–H groups in total. The van der Waals surface area contributed by atoms with E-state index < -0.39 is 12.1 Å². The van der Waals surface area contributed by atoms with Crippen molar-refractivity contribution in [1.82, 2.24) is 0 Å². The number of halogens is 2. The minimum atomic E-state index is -2.64. The smallest absolute Gasteiger partial charge is 0.280 e. The Morgan fingerprint density at radius 2 is 2.10 bits per heavy atom. The van der Waals surface area contributed by atoms with Crippen LogP contribution in [0.4, 0.5) is 8.78 Å². The Labute approximate surface area is 58.5 Å². The normalized spacial score (nSPS) is 15.9. The average molecular weight is 151 g/mol. The maximum atomic E-state index is 11.8. The minimum Gasteiger partial charge on any atom is -0.411 e. The molecule has 0 heterocycles. The van der Waals surface area contributed by atoms with Crippen molar-refractivity contribution in [3.05, 3.63) is 0 Å². The lowest BCUT2D eigenvalue weighted by molar-refractivity contribution is 0.205. The van der Waals surface area contributed by atoms with Crippen molar-refractivity contribution < 1.29 is 14.0 Å². The lowest BCUT2D eigenvalue weighted by atomic mass is 10.0. The summed E-state index contributed by atoms with van der Waals surface area (Å²) >= 11 is 0. The van der Waals surface area contributed by atoms with E-state index in [1.165, 1.54) is 0 Å². The van der Waals surface area contributed by atoms with Gasteiger partial charge >= 0.3 is 0 Å². The zero-order valence-electron chi connectivity index (χ0n) is 6.01. The Balaban J connectivity index is 4.08. The van der Waals surface area contributed by atoms with Crippen LogP contribution in [0.15, 0.2) is 5.16 Å². The van der Waals surface area contributed by atoms with Gasteiger partial charge in [-0.2, -0.15) is 0 Å². The van der Waals surface area contributed by atoms with E-state index in [4.69, 9.17) is 5.21 Å². The molecule has 1 atom stereocenters. The van der Waals surface area contributed by atoms with Crippen LogP contribution in [-0.2, 0) is 0 Å². The third-order valence-corrected chi connectivity index (χ3v) is 1.46. The molecule has 0 aromatic heterocycles. The topological polar surface area (TPSA) is 32.6 Å². The summed E-state index contributed by atoms with van der Waals surface area (Å²) in [4.78, 5) is 0. The molecule has 0 spiro atoms. The molecule has 0 aliphatic carbocycles. The van der Waals surface area contributed by atoms with E-state index in [1.807, 2.05) is 0 Å². The Hall–Kier alpha value is -0.670. The molecule has 0 amide bonds. The molecule has 0 aliphatic rings. The van der Waals surface area contributed by atoms with E-state index in [-0.39, 0.29) is 5.92 Å². The van der Waals surface area contributed by atoms with Gasteiger partial charge in [0.25, 0.3) is 6.43 Å². The fourth-order valence-corrected chi connectivity index (χ4v) is 0.566. The Bertz CT molecular complexity index is 125. The first-order chi connectivity index (χ1) is 4.63. The molecular weight excluding hydrogens is 140 g/mol. The van der Waals surface area contributed by atoms with Crippen molar-refractivity contribution in [1.29, 1.82) is 0 Å². The molecule has 1 unspecified atom stereocenters. The van der Waals surface area contributed by atoms with Crippen molar-refractivity contribution in [2.24, 2.45) is 11.1 Å². The van der Waals surface area contributed by atoms with Gasteiger partial charge in [0, 0.05) is 5.92 Å². The predicted octanol–water partition coefficient (Wildman–Crippen LogP) is 2.13. The van der Waals surface area contributed by atoms with Crippen LogP contribution in [0.25, 0.3) is 0 Å². The molecule has 0 fully saturated rings. The van der Waals surface area contributed by atoms with Gasteiger partial charge in [0.15, 0.2) is 0 Å². The van der Waals surface area contributed by atoms with Crippen LogP contribution in [0.2, 0.25) is 0 Å². The van der Waals surface area contributed by atoms with Crippen LogP contribution in [0.5, 0.6) is 0 Å². The molecule has 0 saturated heterocycles. The van der Waals surface area contributed by atoms with Gasteiger partial charge in [0.2, 0.25) is 0 Å². The van der Waals surface area contributed by atoms with E-state index in [1.54, 1.807) is 13.8 Å². The molecule has 60 valence electrons. The summed E-state index contributed by atoms with van der Waals surface area (Å²) in [6, 6.07) is 0. The SMILES string of the molecule is CCC(C)/C(=N\O)C(F)F. The zero-order valence-corrected chi connectivity index (χ0v) is 6.01. The molecular formula is C6H11F2NO. The molecule has 0 aromatic carbocycles. The van der Waals surface area contributed by atoms with Crippen molar-refractivity contribution in [3.8, 4) is 0 Å². The maximum absolute atomic E-state index is 11.8. The number of hydrogen-bond acceptors (Lipinski definition) is 2. The number of nitrogens with zero attached hydrogens (tertiary/aromatic N) is 1. The fourth-order valence-electron chi connectivity index (χ4n) is 0.566. The molecule has 0 aliphatic heterocycles. The molecule has 0 bridgehead atoms. The van der Waals surface area contributed by atoms with Gasteiger partial charge in [-0.15, -0.1) is 0 Å². The van der Waals surface area contributed by atoms with E-state index in [0.29, 0.717) is 6.42 Å². The monoisotopic (exact) mass is 151 g/mol. The standard InChI is InChI=1S/C6H11F2NO/c1-3-4(2)5(9-10)6(7)8/h4,6,10H,3H2,1-2H3/b9-5+. The van der Waals surface area contributed by atoms with Crippen LogP contribution >= 0.6 is 0 Å². The van der Waals surface area contributed by atoms with Crippen LogP contribution in [0, 0.1) is 5.92 Å². The van der Waals surface area contributed by atoms with Gasteiger partial charge in [-0.3, -0.25) is 0 Å². The number of oxime groups is 1. The summed E-state index contributed by atoms with van der Waals surface area (Å²) in [7, 11) is 0. The maximum Gasteiger partial charge on any atom is 0.280 e. The third-order valence-electron chi connectivity index (χ3n) is 1.46. The minimum absolute atomic E-state index is 0.343. The van der Waals surface area contributed by atoms with Crippen LogP contribution < -0.4 is 0 Å². The summed E-state index contributed by atoms with van der Waals surface area (Å²) in [6.07, 6.45) is -2.08. The first kappa shape index (κ1) is 9.33. The van der Waals surface area contributed by atoms with Gasteiger partial charge < -0.3 is 5.21 Å². The Morgan fingerprint density at radius 1 is 1.60 bits per heavy atom. The highest BCUT2D eigenvalue weighted by Crippen LogP contribution is 2.10. The number of rotatable bonds is 3. The van der Waals surface area contributed by atoms with Gasteiger partial charge in [0.1, 0.15) is 5.71 Å². The quantitative estimate of drug-likeness (QED) is 0.374. The summed E-state index contributed by atoms with van der Waals surface area (Å²) in [5.74, 6) is -0.343. The van der Waals surface area contributed by atoms with Crippen molar-refractivity contribution in [2.45, 2.75) is 26.7 Å². The van der Waals surface area contributed by atoms with E-state index in [9.17, 15) is 8.78 Å². The summed E-state index contributed by atoms with van der Waals surface area (Å²) in [5.41, 5.74) is -0.428. The van der Waals surface area contributed by atoms with Crippen LogP contribution in [0.3, 0.4) is 0 Å². The van der Waals surface area contributed by atoms with Crippen molar-refractivity contribution >= 4 is 5.71 Å². The summed E-state index contributed by atoms with van der Waals surface area (Å²) in [5, 5.41) is 10.6. The van der Waals surface area contributed by atoms with Crippen molar-refractivity contribution in [2.75, 3.05) is 0 Å². The molecule has 0 rings (SSSR count). The summed E-state index contributed by atoms with van der Waals surface area (Å²) < 4.78 is 23.7. The molecule has 2 nitrogen and oxygen atoms in total. The Morgan fingerprint density at radius 3 is 2.20 bits per heavy atom. The highest BCUT2D eigenvalue weighted by atomic mass is 19.3. The molecule has 0 aromatic rings. The second-order valence-corrected chi connectivity index (χ2v) is 2.13. The predicted molar refractivity (Wildman–Crippen MR) is 34.7 cm³/mol. The summed E-state index contributed by atoms with van der Waals surface area (Å²) in [6.45, 7) is 3.36. The lowest BCUT2D eigenvalue weighted by Crippen LogP contribution is -2.18. The zero-order chi connectivity index (χ0) is 8.15. The first-order valence-corrected chi connectivity index (χ1v) is 3.13. The average Bonchev–Trinajstić information content (AvgIpc) is 1.88. The molecule has 0 radical (unpaired) electrons. The van der Waals surface area contributed by atoms with E-state index in [0.717, 1.165) is 0 Å². The Kier molecular flexibility index (Phi) is 3.91. The van der Waals surface area contributed by atoms with Gasteiger partial charge in [-0.25, -0.2) is 8.78 Å². The first-order valence-electron chi connectivity index (χ1n) is 3.13. The second-order valence-electron chi connectivity index (χ2n) is 2.13. The second kappa shape index (κ2) is 4.19. The fraction of sp³-hybridized carbons (Fsp3) is 0.833. The van der Waals surface area contributed by atoms with Crippen LogP contribution in [-0.4, -0.2) is 17.3 Å². The lowest BCUT2D eigenvalue weighted by Gasteiger charge is -2.08. The van der Waals surface area contributed by atoms with Gasteiger partial charge in [0.05, 0.1) is 0 Å². The largest absolute Gasteiger partial charge is 0.411 e. The van der Waals surface area contributed by atoms with Crippen LogP contribution in [0.1, 0.15) is 20.3 Å².